The Labute approximate surface area is 140 Å². The van der Waals surface area contributed by atoms with Crippen molar-refractivity contribution in [1.82, 2.24) is 4.72 Å². The Morgan fingerprint density at radius 3 is 2.67 bits per heavy atom. The monoisotopic (exact) mass is 346 g/mol. The lowest BCUT2D eigenvalue weighted by molar-refractivity contribution is -0.116. The number of fused-ring (bicyclic) bond motifs is 1. The van der Waals surface area contributed by atoms with Crippen LogP contribution in [-0.2, 0) is 21.2 Å². The van der Waals surface area contributed by atoms with Crippen molar-refractivity contribution in [1.29, 1.82) is 0 Å². The molecule has 1 aliphatic heterocycles. The normalized spacial score (nSPS) is 13.9. The highest BCUT2D eigenvalue weighted by atomic mass is 32.2. The maximum absolute atomic E-state index is 12.3. The number of para-hydroxylation sites is 1. The number of hydrogen-bond acceptors (Lipinski definition) is 4. The van der Waals surface area contributed by atoms with Crippen molar-refractivity contribution in [3.8, 4) is 5.75 Å². The van der Waals surface area contributed by atoms with Gasteiger partial charge in [0.05, 0.1) is 4.90 Å². The molecule has 0 spiro atoms. The van der Waals surface area contributed by atoms with Gasteiger partial charge in [0, 0.05) is 18.7 Å². The number of benzene rings is 2. The second-order valence-electron chi connectivity index (χ2n) is 5.43. The van der Waals surface area contributed by atoms with Gasteiger partial charge in [0.25, 0.3) is 0 Å². The molecule has 1 amide bonds. The Bertz CT molecular complexity index is 835. The smallest absolute Gasteiger partial charge is 0.240 e. The lowest BCUT2D eigenvalue weighted by Crippen LogP contribution is -2.28. The number of carbonyl (C=O) groups excluding carboxylic acids is 1. The molecule has 0 bridgehead atoms. The molecule has 0 saturated heterocycles. The third kappa shape index (κ3) is 3.93. The fourth-order valence-electron chi connectivity index (χ4n) is 2.47. The van der Waals surface area contributed by atoms with Crippen LogP contribution in [0.15, 0.2) is 53.4 Å². The van der Waals surface area contributed by atoms with Crippen LogP contribution in [0.2, 0.25) is 0 Å². The fourth-order valence-corrected chi connectivity index (χ4v) is 3.54. The first kappa shape index (κ1) is 16.5. The summed E-state index contributed by atoms with van der Waals surface area (Å²) in [5, 5.41) is 2.73. The van der Waals surface area contributed by atoms with Crippen molar-refractivity contribution in [2.45, 2.75) is 17.7 Å². The summed E-state index contributed by atoms with van der Waals surface area (Å²) in [6, 6.07) is 13.9. The molecule has 2 N–H and O–H groups in total. The predicted molar refractivity (Wildman–Crippen MR) is 90.5 cm³/mol. The van der Waals surface area contributed by atoms with Crippen LogP contribution >= 0.6 is 0 Å². The third-order valence-electron chi connectivity index (χ3n) is 3.69. The zero-order valence-electron chi connectivity index (χ0n) is 13.0. The highest BCUT2D eigenvalue weighted by Crippen LogP contribution is 2.25. The highest BCUT2D eigenvalue weighted by molar-refractivity contribution is 7.89. The molecule has 0 atom stereocenters. The molecule has 0 radical (unpaired) electrons. The minimum absolute atomic E-state index is 0.0470. The van der Waals surface area contributed by atoms with Gasteiger partial charge in [0.1, 0.15) is 12.4 Å². The topological polar surface area (TPSA) is 84.5 Å². The molecule has 0 aromatic heterocycles. The maximum Gasteiger partial charge on any atom is 0.240 e. The Kier molecular flexibility index (Phi) is 4.82. The van der Waals surface area contributed by atoms with Crippen LogP contribution in [0.25, 0.3) is 0 Å². The first-order chi connectivity index (χ1) is 11.5. The largest absolute Gasteiger partial charge is 0.492 e. The number of carbonyl (C=O) groups is 1. The van der Waals surface area contributed by atoms with Crippen LogP contribution in [0.3, 0.4) is 0 Å². The first-order valence-electron chi connectivity index (χ1n) is 7.65. The number of rotatable bonds is 6. The molecule has 1 heterocycles. The van der Waals surface area contributed by atoms with Crippen molar-refractivity contribution in [3.63, 3.8) is 0 Å². The van der Waals surface area contributed by atoms with Gasteiger partial charge < -0.3 is 10.1 Å². The standard InChI is InChI=1S/C17H18N2O4S/c20-17-9-6-13-12-15(7-8-16(13)19-17)24(21,22)18-10-11-23-14-4-2-1-3-5-14/h1-5,7-8,12,18H,6,9-11H2,(H,19,20). The van der Waals surface area contributed by atoms with E-state index in [0.717, 1.165) is 5.56 Å². The van der Waals surface area contributed by atoms with Crippen LogP contribution in [0.5, 0.6) is 5.75 Å². The Hall–Kier alpha value is -2.38. The lowest BCUT2D eigenvalue weighted by Gasteiger charge is -2.17. The number of amides is 1. The molecule has 2 aromatic carbocycles. The van der Waals surface area contributed by atoms with Gasteiger partial charge in [-0.05, 0) is 42.3 Å². The lowest BCUT2D eigenvalue weighted by atomic mass is 10.0. The van der Waals surface area contributed by atoms with Crippen LogP contribution in [-0.4, -0.2) is 27.5 Å². The highest BCUT2D eigenvalue weighted by Gasteiger charge is 2.19. The van der Waals surface area contributed by atoms with Crippen molar-refractivity contribution in [3.05, 3.63) is 54.1 Å². The van der Waals surface area contributed by atoms with Crippen LogP contribution in [0.4, 0.5) is 5.69 Å². The minimum atomic E-state index is -3.60. The van der Waals surface area contributed by atoms with E-state index >= 15 is 0 Å². The zero-order valence-corrected chi connectivity index (χ0v) is 13.8. The summed E-state index contributed by atoms with van der Waals surface area (Å²) in [5.41, 5.74) is 1.51. The average molecular weight is 346 g/mol. The number of aryl methyl sites for hydroxylation is 1. The number of sulfonamides is 1. The predicted octanol–water partition coefficient (Wildman–Crippen LogP) is 1.93. The second-order valence-corrected chi connectivity index (χ2v) is 7.19. The van der Waals surface area contributed by atoms with E-state index < -0.39 is 10.0 Å². The molecule has 0 fully saturated rings. The van der Waals surface area contributed by atoms with Crippen molar-refractivity contribution in [2.24, 2.45) is 0 Å². The van der Waals surface area contributed by atoms with E-state index in [-0.39, 0.29) is 24.0 Å². The summed E-state index contributed by atoms with van der Waals surface area (Å²) in [4.78, 5) is 11.5. The molecular formula is C17H18N2O4S. The molecule has 0 unspecified atom stereocenters. The molecule has 3 rings (SSSR count). The molecule has 24 heavy (non-hydrogen) atoms. The van der Waals surface area contributed by atoms with Crippen LogP contribution < -0.4 is 14.8 Å². The molecule has 2 aromatic rings. The van der Waals surface area contributed by atoms with Gasteiger partial charge in [-0.15, -0.1) is 0 Å². The summed E-state index contributed by atoms with van der Waals surface area (Å²) < 4.78 is 32.7. The van der Waals surface area contributed by atoms with E-state index in [1.807, 2.05) is 30.3 Å². The number of hydrogen-bond donors (Lipinski definition) is 2. The number of anilines is 1. The molecule has 1 aliphatic rings. The van der Waals surface area contributed by atoms with E-state index in [9.17, 15) is 13.2 Å². The summed E-state index contributed by atoms with van der Waals surface area (Å²) >= 11 is 0. The van der Waals surface area contributed by atoms with E-state index in [1.165, 1.54) is 6.07 Å². The number of nitrogens with one attached hydrogen (secondary N) is 2. The van der Waals surface area contributed by atoms with E-state index in [1.54, 1.807) is 12.1 Å². The quantitative estimate of drug-likeness (QED) is 0.783. The van der Waals surface area contributed by atoms with Gasteiger partial charge in [-0.25, -0.2) is 13.1 Å². The van der Waals surface area contributed by atoms with E-state index in [4.69, 9.17) is 4.74 Å². The molecule has 126 valence electrons. The second kappa shape index (κ2) is 7.02. The van der Waals surface area contributed by atoms with Gasteiger partial charge in [-0.2, -0.15) is 0 Å². The van der Waals surface area contributed by atoms with Crippen LogP contribution in [0, 0.1) is 0 Å². The van der Waals surface area contributed by atoms with Gasteiger partial charge in [-0.1, -0.05) is 18.2 Å². The molecule has 7 heteroatoms. The summed E-state index contributed by atoms with van der Waals surface area (Å²) in [6.45, 7) is 0.412. The molecule has 6 nitrogen and oxygen atoms in total. The molecule has 0 saturated carbocycles. The van der Waals surface area contributed by atoms with Gasteiger partial charge >= 0.3 is 0 Å². The van der Waals surface area contributed by atoms with Crippen molar-refractivity contribution in [2.75, 3.05) is 18.5 Å². The average Bonchev–Trinajstić information content (AvgIpc) is 2.59. The maximum atomic E-state index is 12.3. The fraction of sp³-hybridized carbons (Fsp3) is 0.235. The van der Waals surface area contributed by atoms with Crippen molar-refractivity contribution >= 4 is 21.6 Å². The SMILES string of the molecule is O=C1CCc2cc(S(=O)(=O)NCCOc3ccccc3)ccc2N1. The first-order valence-corrected chi connectivity index (χ1v) is 9.13. The minimum Gasteiger partial charge on any atom is -0.492 e. The zero-order chi connectivity index (χ0) is 17.0. The van der Waals surface area contributed by atoms with Gasteiger partial charge in [0.15, 0.2) is 0 Å². The van der Waals surface area contributed by atoms with E-state index in [0.29, 0.717) is 24.3 Å². The van der Waals surface area contributed by atoms with E-state index in [2.05, 4.69) is 10.0 Å². The Balaban J connectivity index is 1.60. The van der Waals surface area contributed by atoms with Crippen LogP contribution in [0.1, 0.15) is 12.0 Å². The van der Waals surface area contributed by atoms with Gasteiger partial charge in [-0.3, -0.25) is 4.79 Å². The van der Waals surface area contributed by atoms with Gasteiger partial charge in [0.2, 0.25) is 15.9 Å². The molecule has 0 aliphatic carbocycles. The van der Waals surface area contributed by atoms with Crippen molar-refractivity contribution < 1.29 is 17.9 Å². The Morgan fingerprint density at radius 1 is 1.08 bits per heavy atom. The number of ether oxygens (including phenoxy) is 1. The molecular weight excluding hydrogens is 328 g/mol. The summed E-state index contributed by atoms with van der Waals surface area (Å²) in [6.07, 6.45) is 0.913. The Morgan fingerprint density at radius 2 is 1.88 bits per heavy atom. The summed E-state index contributed by atoms with van der Waals surface area (Å²) in [5.74, 6) is 0.649. The summed E-state index contributed by atoms with van der Waals surface area (Å²) in [7, 11) is -3.60. The third-order valence-corrected chi connectivity index (χ3v) is 5.15.